The third-order valence-electron chi connectivity index (χ3n) is 5.25. The average Bonchev–Trinajstić information content (AvgIpc) is 2.63. The van der Waals surface area contributed by atoms with Crippen LogP contribution in [0.4, 0.5) is 0 Å². The fourth-order valence-electron chi connectivity index (χ4n) is 3.84. The van der Waals surface area contributed by atoms with Crippen LogP contribution in [-0.4, -0.2) is 40.2 Å². The lowest BCUT2D eigenvalue weighted by Gasteiger charge is -2.47. The van der Waals surface area contributed by atoms with Crippen molar-refractivity contribution in [1.82, 2.24) is 9.88 Å². The van der Waals surface area contributed by atoms with E-state index >= 15 is 0 Å². The minimum absolute atomic E-state index is 0.309. The molecule has 1 N–H and O–H groups in total. The minimum atomic E-state index is -0.865. The molecule has 3 nitrogen and oxygen atoms in total. The highest BCUT2D eigenvalue weighted by Crippen LogP contribution is 2.35. The van der Waals surface area contributed by atoms with Gasteiger partial charge >= 0.3 is 0 Å². The Kier molecular flexibility index (Phi) is 4.10. The van der Waals surface area contributed by atoms with Gasteiger partial charge < -0.3 is 5.11 Å². The topological polar surface area (TPSA) is 36.4 Å². The van der Waals surface area contributed by atoms with Crippen LogP contribution in [0.5, 0.6) is 0 Å². The molecule has 0 aliphatic carbocycles. The molecule has 3 aliphatic heterocycles. The van der Waals surface area contributed by atoms with E-state index in [2.05, 4.69) is 33.9 Å². The molecule has 4 heterocycles. The zero-order valence-electron chi connectivity index (χ0n) is 13.8. The maximum atomic E-state index is 11.0. The molecule has 0 amide bonds. The van der Waals surface area contributed by atoms with Crippen molar-refractivity contribution >= 4 is 0 Å². The Morgan fingerprint density at radius 2 is 1.92 bits per heavy atom. The molecule has 2 bridgehead atoms. The predicted molar refractivity (Wildman–Crippen MR) is 94.5 cm³/mol. The molecule has 0 spiro atoms. The van der Waals surface area contributed by atoms with Gasteiger partial charge in [0.1, 0.15) is 5.60 Å². The summed E-state index contributed by atoms with van der Waals surface area (Å²) in [5, 5.41) is 11.0. The average molecular weight is 318 g/mol. The summed E-state index contributed by atoms with van der Waals surface area (Å²) in [7, 11) is 0. The van der Waals surface area contributed by atoms with E-state index in [1.54, 1.807) is 0 Å². The first kappa shape index (κ1) is 15.4. The summed E-state index contributed by atoms with van der Waals surface area (Å²) >= 11 is 0. The van der Waals surface area contributed by atoms with E-state index in [1.165, 1.54) is 5.56 Å². The van der Waals surface area contributed by atoms with Crippen molar-refractivity contribution in [1.29, 1.82) is 0 Å². The van der Waals surface area contributed by atoms with Gasteiger partial charge in [-0.3, -0.25) is 9.88 Å². The van der Waals surface area contributed by atoms with Crippen molar-refractivity contribution in [3.63, 3.8) is 0 Å². The van der Waals surface area contributed by atoms with Crippen molar-refractivity contribution < 1.29 is 5.11 Å². The predicted octanol–water partition coefficient (Wildman–Crippen LogP) is 2.48. The van der Waals surface area contributed by atoms with Crippen molar-refractivity contribution in [2.45, 2.75) is 24.9 Å². The Morgan fingerprint density at radius 1 is 1.12 bits per heavy atom. The highest BCUT2D eigenvalue weighted by molar-refractivity contribution is 5.42. The molecule has 0 radical (unpaired) electrons. The molecule has 5 rings (SSSR count). The summed E-state index contributed by atoms with van der Waals surface area (Å²) in [6.07, 6.45) is 4.68. The van der Waals surface area contributed by atoms with E-state index in [0.717, 1.165) is 43.6 Å². The Labute approximate surface area is 143 Å². The molecule has 2 aromatic rings. The Bertz CT molecular complexity index is 769. The molecule has 3 aliphatic rings. The number of piperidine rings is 3. The van der Waals surface area contributed by atoms with Gasteiger partial charge in [-0.15, -0.1) is 0 Å². The van der Waals surface area contributed by atoms with Crippen LogP contribution < -0.4 is 0 Å². The lowest BCUT2D eigenvalue weighted by atomic mass is 9.75. The summed E-state index contributed by atoms with van der Waals surface area (Å²) in [6.45, 7) is 2.88. The second kappa shape index (κ2) is 6.39. The number of nitrogens with zero attached hydrogens (tertiary/aromatic N) is 2. The molecular formula is C21H22N2O. The van der Waals surface area contributed by atoms with Gasteiger partial charge in [0.2, 0.25) is 0 Å². The summed E-state index contributed by atoms with van der Waals surface area (Å²) in [5.41, 5.74) is 2.25. The molecule has 0 saturated carbocycles. The lowest BCUT2D eigenvalue weighted by Crippen LogP contribution is -2.58. The monoisotopic (exact) mass is 318 g/mol. The Balaban J connectivity index is 1.60. The van der Waals surface area contributed by atoms with Crippen LogP contribution in [0.1, 0.15) is 29.7 Å². The molecule has 24 heavy (non-hydrogen) atoms. The first-order valence-electron chi connectivity index (χ1n) is 8.69. The van der Waals surface area contributed by atoms with Crippen molar-refractivity contribution in [2.75, 3.05) is 19.6 Å². The van der Waals surface area contributed by atoms with Gasteiger partial charge in [0.05, 0.1) is 5.69 Å². The molecule has 3 heteroatoms. The first-order valence-corrected chi connectivity index (χ1v) is 8.69. The number of aromatic nitrogens is 1. The minimum Gasteiger partial charge on any atom is -0.376 e. The van der Waals surface area contributed by atoms with Crippen LogP contribution in [0.15, 0.2) is 48.7 Å². The van der Waals surface area contributed by atoms with Gasteiger partial charge in [0, 0.05) is 30.6 Å². The lowest BCUT2D eigenvalue weighted by molar-refractivity contribution is -0.0713. The van der Waals surface area contributed by atoms with Gasteiger partial charge in [-0.2, -0.15) is 0 Å². The third kappa shape index (κ3) is 3.08. The molecule has 122 valence electrons. The number of aliphatic hydroxyl groups is 1. The van der Waals surface area contributed by atoms with Gasteiger partial charge in [-0.25, -0.2) is 0 Å². The van der Waals surface area contributed by atoms with E-state index in [0.29, 0.717) is 12.5 Å². The zero-order valence-corrected chi connectivity index (χ0v) is 13.8. The number of hydrogen-bond acceptors (Lipinski definition) is 3. The van der Waals surface area contributed by atoms with E-state index in [1.807, 2.05) is 36.5 Å². The Hall–Kier alpha value is -2.15. The first-order chi connectivity index (χ1) is 11.7. The molecule has 1 unspecified atom stereocenters. The number of rotatable bonds is 2. The smallest absolute Gasteiger partial charge is 0.141 e. The number of fused-ring (bicyclic) bond motifs is 3. The third-order valence-corrected chi connectivity index (χ3v) is 5.25. The van der Waals surface area contributed by atoms with Gasteiger partial charge in [-0.1, -0.05) is 42.2 Å². The van der Waals surface area contributed by atoms with Crippen molar-refractivity contribution in [3.05, 3.63) is 65.5 Å². The zero-order chi connectivity index (χ0) is 16.4. The molecule has 1 atom stereocenters. The van der Waals surface area contributed by atoms with Crippen LogP contribution in [0.3, 0.4) is 0 Å². The molecular weight excluding hydrogens is 296 g/mol. The quantitative estimate of drug-likeness (QED) is 0.864. The van der Waals surface area contributed by atoms with E-state index in [4.69, 9.17) is 0 Å². The fourth-order valence-corrected chi connectivity index (χ4v) is 3.84. The highest BCUT2D eigenvalue weighted by atomic mass is 16.3. The van der Waals surface area contributed by atoms with Crippen molar-refractivity contribution in [3.8, 4) is 11.8 Å². The second-order valence-corrected chi connectivity index (χ2v) is 6.88. The largest absolute Gasteiger partial charge is 0.376 e. The van der Waals surface area contributed by atoms with E-state index < -0.39 is 5.60 Å². The maximum absolute atomic E-state index is 11.0. The number of benzene rings is 1. The van der Waals surface area contributed by atoms with Crippen LogP contribution in [0, 0.1) is 17.8 Å². The van der Waals surface area contributed by atoms with Crippen LogP contribution in [-0.2, 0) is 6.42 Å². The summed E-state index contributed by atoms with van der Waals surface area (Å²) in [5.74, 6) is 6.74. The summed E-state index contributed by atoms with van der Waals surface area (Å²) in [4.78, 5) is 6.84. The molecule has 3 saturated heterocycles. The summed E-state index contributed by atoms with van der Waals surface area (Å²) < 4.78 is 0. The van der Waals surface area contributed by atoms with E-state index in [9.17, 15) is 5.11 Å². The van der Waals surface area contributed by atoms with Gasteiger partial charge in [0.15, 0.2) is 0 Å². The normalized spacial score (nSPS) is 28.2. The molecule has 1 aromatic carbocycles. The number of hydrogen-bond donors (Lipinski definition) is 1. The van der Waals surface area contributed by atoms with Crippen molar-refractivity contribution in [2.24, 2.45) is 5.92 Å². The molecule has 3 fully saturated rings. The standard InChI is InChI=1S/C21H22N2O/c24-21(16-23-13-9-19(21)10-14-23)11-8-18-7-4-12-22-20(18)15-17-5-2-1-3-6-17/h1-7,12,19,24H,9-10,13-16H2. The summed E-state index contributed by atoms with van der Waals surface area (Å²) in [6, 6.07) is 14.2. The van der Waals surface area contributed by atoms with Crippen LogP contribution in [0.25, 0.3) is 0 Å². The van der Waals surface area contributed by atoms with Gasteiger partial charge in [-0.05, 0) is 43.6 Å². The molecule has 1 aromatic heterocycles. The SMILES string of the molecule is OC1(C#Cc2cccnc2Cc2ccccc2)CN2CCC1CC2. The second-order valence-electron chi connectivity index (χ2n) is 6.88. The van der Waals surface area contributed by atoms with Crippen LogP contribution in [0.2, 0.25) is 0 Å². The van der Waals surface area contributed by atoms with Crippen LogP contribution >= 0.6 is 0 Å². The van der Waals surface area contributed by atoms with Gasteiger partial charge in [0.25, 0.3) is 0 Å². The number of pyridine rings is 1. The maximum Gasteiger partial charge on any atom is 0.141 e. The fraction of sp³-hybridized carbons (Fsp3) is 0.381. The highest BCUT2D eigenvalue weighted by Gasteiger charge is 2.44. The van der Waals surface area contributed by atoms with E-state index in [-0.39, 0.29) is 0 Å². The Morgan fingerprint density at radius 3 is 2.62 bits per heavy atom.